The lowest BCUT2D eigenvalue weighted by molar-refractivity contribution is -0.144. The number of carbonyl (C=O) groups is 3. The van der Waals surface area contributed by atoms with Crippen molar-refractivity contribution in [3.63, 3.8) is 0 Å². The molecule has 0 fully saturated rings. The van der Waals surface area contributed by atoms with Gasteiger partial charge in [0.1, 0.15) is 6.04 Å². The Labute approximate surface area is 197 Å². The highest BCUT2D eigenvalue weighted by molar-refractivity contribution is 5.89. The van der Waals surface area contributed by atoms with E-state index in [1.165, 1.54) is 11.1 Å². The van der Waals surface area contributed by atoms with Gasteiger partial charge in [0.05, 0.1) is 13.0 Å². The third kappa shape index (κ3) is 8.72. The molecule has 2 unspecified atom stereocenters. The molecule has 0 heterocycles. The predicted molar refractivity (Wildman–Crippen MR) is 130 cm³/mol. The lowest BCUT2D eigenvalue weighted by Gasteiger charge is -2.24. The molecular formula is C27H36N2O4. The van der Waals surface area contributed by atoms with Crippen molar-refractivity contribution in [2.24, 2.45) is 5.92 Å². The zero-order chi connectivity index (χ0) is 24.1. The molecule has 0 spiro atoms. The van der Waals surface area contributed by atoms with E-state index in [0.29, 0.717) is 6.54 Å². The molecule has 2 rings (SSSR count). The van der Waals surface area contributed by atoms with E-state index >= 15 is 0 Å². The van der Waals surface area contributed by atoms with Crippen LogP contribution in [-0.4, -0.2) is 37.0 Å². The van der Waals surface area contributed by atoms with Crippen LogP contribution in [0, 0.1) is 5.92 Å². The van der Waals surface area contributed by atoms with Gasteiger partial charge in [0.15, 0.2) is 0 Å². The molecule has 33 heavy (non-hydrogen) atoms. The highest BCUT2D eigenvalue weighted by Gasteiger charge is 2.26. The minimum Gasteiger partial charge on any atom is -0.466 e. The van der Waals surface area contributed by atoms with Crippen LogP contribution >= 0.6 is 0 Å². The molecule has 2 N–H and O–H groups in total. The summed E-state index contributed by atoms with van der Waals surface area (Å²) in [4.78, 5) is 36.8. The van der Waals surface area contributed by atoms with Gasteiger partial charge in [-0.2, -0.15) is 0 Å². The van der Waals surface area contributed by atoms with Gasteiger partial charge in [-0.3, -0.25) is 14.4 Å². The molecular weight excluding hydrogens is 416 g/mol. The second-order valence-electron chi connectivity index (χ2n) is 8.19. The summed E-state index contributed by atoms with van der Waals surface area (Å²) < 4.78 is 4.86. The summed E-state index contributed by atoms with van der Waals surface area (Å²) in [5.74, 6) is -0.807. The maximum atomic E-state index is 13.0. The zero-order valence-electron chi connectivity index (χ0n) is 19.9. The van der Waals surface area contributed by atoms with Crippen molar-refractivity contribution < 1.29 is 19.1 Å². The number of hydrogen-bond donors (Lipinski definition) is 2. The summed E-state index contributed by atoms with van der Waals surface area (Å²) in [7, 11) is 0. The van der Waals surface area contributed by atoms with E-state index in [1.54, 1.807) is 6.92 Å². The van der Waals surface area contributed by atoms with Crippen molar-refractivity contribution in [3.8, 4) is 0 Å². The molecule has 178 valence electrons. The summed E-state index contributed by atoms with van der Waals surface area (Å²) in [5, 5.41) is 5.82. The summed E-state index contributed by atoms with van der Waals surface area (Å²) in [6, 6.07) is 19.8. The summed E-state index contributed by atoms with van der Waals surface area (Å²) in [5.41, 5.74) is 2.40. The molecule has 2 aromatic rings. The van der Waals surface area contributed by atoms with E-state index in [4.69, 9.17) is 4.74 Å². The van der Waals surface area contributed by atoms with Crippen molar-refractivity contribution in [1.82, 2.24) is 10.6 Å². The maximum Gasteiger partial charge on any atom is 0.306 e. The lowest BCUT2D eigenvalue weighted by atomic mass is 9.88. The highest BCUT2D eigenvalue weighted by atomic mass is 16.5. The van der Waals surface area contributed by atoms with Gasteiger partial charge in [0.2, 0.25) is 11.8 Å². The molecule has 0 aromatic heterocycles. The molecule has 6 nitrogen and oxygen atoms in total. The smallest absolute Gasteiger partial charge is 0.306 e. The number of amides is 2. The number of benzene rings is 2. The van der Waals surface area contributed by atoms with E-state index < -0.39 is 12.0 Å². The van der Waals surface area contributed by atoms with Gasteiger partial charge in [-0.05, 0) is 30.4 Å². The molecule has 0 aliphatic rings. The fourth-order valence-electron chi connectivity index (χ4n) is 3.74. The predicted octanol–water partition coefficient (Wildman–Crippen LogP) is 4.20. The third-order valence-electron chi connectivity index (χ3n) is 5.81. The third-order valence-corrected chi connectivity index (χ3v) is 5.81. The molecule has 2 atom stereocenters. The molecule has 0 saturated heterocycles. The fraction of sp³-hybridized carbons (Fsp3) is 0.444. The summed E-state index contributed by atoms with van der Waals surface area (Å²) in [6.07, 6.45) is 1.49. The Balaban J connectivity index is 1.97. The molecule has 0 aliphatic heterocycles. The number of esters is 1. The van der Waals surface area contributed by atoms with E-state index in [9.17, 15) is 14.4 Å². The largest absolute Gasteiger partial charge is 0.466 e. The monoisotopic (exact) mass is 452 g/mol. The average molecular weight is 453 g/mol. The van der Waals surface area contributed by atoms with Crippen LogP contribution < -0.4 is 10.6 Å². The van der Waals surface area contributed by atoms with Crippen LogP contribution in [0.2, 0.25) is 0 Å². The van der Waals surface area contributed by atoms with E-state index in [-0.39, 0.29) is 43.1 Å². The van der Waals surface area contributed by atoms with Crippen molar-refractivity contribution in [2.45, 2.75) is 58.4 Å². The number of hydrogen-bond acceptors (Lipinski definition) is 4. The van der Waals surface area contributed by atoms with Gasteiger partial charge < -0.3 is 15.4 Å². The van der Waals surface area contributed by atoms with Crippen molar-refractivity contribution in [2.75, 3.05) is 13.2 Å². The van der Waals surface area contributed by atoms with Crippen LogP contribution in [0.25, 0.3) is 0 Å². The van der Waals surface area contributed by atoms with E-state index in [1.807, 2.05) is 50.2 Å². The standard InChI is InChI=1S/C27H36N2O4/c1-4-20(3)26(29-24(30)16-17-25(31)33-5-2)27(32)28-19-18-23(21-12-8-6-9-13-21)22-14-10-7-11-15-22/h6-15,20,23,26H,4-5,16-19H2,1-3H3,(H,28,32)(H,29,30). The maximum absolute atomic E-state index is 13.0. The van der Waals surface area contributed by atoms with E-state index in [2.05, 4.69) is 34.9 Å². The van der Waals surface area contributed by atoms with Crippen LogP contribution in [-0.2, 0) is 19.1 Å². The van der Waals surface area contributed by atoms with Gasteiger partial charge in [-0.15, -0.1) is 0 Å². The number of nitrogens with one attached hydrogen (secondary N) is 2. The number of ether oxygens (including phenoxy) is 1. The van der Waals surface area contributed by atoms with Gasteiger partial charge in [-0.1, -0.05) is 80.9 Å². The van der Waals surface area contributed by atoms with Gasteiger partial charge in [-0.25, -0.2) is 0 Å². The first kappa shape index (κ1) is 26.1. The first-order valence-corrected chi connectivity index (χ1v) is 11.8. The van der Waals surface area contributed by atoms with E-state index in [0.717, 1.165) is 12.8 Å². The Morgan fingerprint density at radius 1 is 0.879 bits per heavy atom. The molecule has 0 radical (unpaired) electrons. The summed E-state index contributed by atoms with van der Waals surface area (Å²) >= 11 is 0. The highest BCUT2D eigenvalue weighted by Crippen LogP contribution is 2.27. The average Bonchev–Trinajstić information content (AvgIpc) is 2.84. The van der Waals surface area contributed by atoms with Crippen molar-refractivity contribution in [1.29, 1.82) is 0 Å². The number of carbonyl (C=O) groups excluding carboxylic acids is 3. The van der Waals surface area contributed by atoms with Crippen LogP contribution in [0.4, 0.5) is 0 Å². The Bertz CT molecular complexity index is 831. The van der Waals surface area contributed by atoms with Crippen LogP contribution in [0.5, 0.6) is 0 Å². The van der Waals surface area contributed by atoms with Crippen LogP contribution in [0.3, 0.4) is 0 Å². The SMILES string of the molecule is CCOC(=O)CCC(=O)NC(C(=O)NCCC(c1ccccc1)c1ccccc1)C(C)CC. The lowest BCUT2D eigenvalue weighted by Crippen LogP contribution is -2.50. The molecule has 2 amide bonds. The Morgan fingerprint density at radius 3 is 1.97 bits per heavy atom. The molecule has 0 aliphatic carbocycles. The topological polar surface area (TPSA) is 84.5 Å². The first-order chi connectivity index (χ1) is 16.0. The van der Waals surface area contributed by atoms with Gasteiger partial charge in [0, 0.05) is 18.9 Å². The zero-order valence-corrected chi connectivity index (χ0v) is 19.9. The molecule has 2 aromatic carbocycles. The van der Waals surface area contributed by atoms with Crippen molar-refractivity contribution in [3.05, 3.63) is 71.8 Å². The Kier molecular flexibility index (Phi) is 11.1. The van der Waals surface area contributed by atoms with Crippen LogP contribution in [0.1, 0.15) is 63.5 Å². The van der Waals surface area contributed by atoms with Gasteiger partial charge >= 0.3 is 5.97 Å². The molecule has 0 bridgehead atoms. The van der Waals surface area contributed by atoms with Crippen molar-refractivity contribution >= 4 is 17.8 Å². The minimum atomic E-state index is -0.642. The number of rotatable bonds is 13. The molecule has 6 heteroatoms. The van der Waals surface area contributed by atoms with Crippen LogP contribution in [0.15, 0.2) is 60.7 Å². The quantitative estimate of drug-likeness (QED) is 0.446. The molecule has 0 saturated carbocycles. The normalized spacial score (nSPS) is 12.6. The second-order valence-corrected chi connectivity index (χ2v) is 8.19. The van der Waals surface area contributed by atoms with Gasteiger partial charge in [0.25, 0.3) is 0 Å². The first-order valence-electron chi connectivity index (χ1n) is 11.8. The minimum absolute atomic E-state index is 0.00311. The fourth-order valence-corrected chi connectivity index (χ4v) is 3.74. The Hall–Kier alpha value is -3.15. The Morgan fingerprint density at radius 2 is 1.45 bits per heavy atom. The summed E-state index contributed by atoms with van der Waals surface area (Å²) in [6.45, 7) is 6.41. The second kappa shape index (κ2) is 14.1.